The van der Waals surface area contributed by atoms with Gasteiger partial charge in [0.05, 0.1) is 0 Å². The Hall–Kier alpha value is -0.0800. The third-order valence-corrected chi connectivity index (χ3v) is 1.06. The fourth-order valence-corrected chi connectivity index (χ4v) is 0.622. The molecule has 0 aromatic carbocycles. The highest BCUT2D eigenvalue weighted by atomic mass is 16.7. The second kappa shape index (κ2) is 6.05. The van der Waals surface area contributed by atoms with Crippen molar-refractivity contribution in [2.75, 3.05) is 13.7 Å². The molecule has 0 saturated heterocycles. The molecule has 1 radical (unpaired) electrons. The molecule has 0 bridgehead atoms. The quantitative estimate of drug-likeness (QED) is 0.528. The minimum Gasteiger partial charge on any atom is -0.356 e. The van der Waals surface area contributed by atoms with Crippen LogP contribution in [0.15, 0.2) is 0 Å². The molecule has 0 saturated carbocycles. The number of rotatable bonds is 5. The molecule has 1 atom stereocenters. The Morgan fingerprint density at radius 2 is 2.22 bits per heavy atom. The maximum atomic E-state index is 5.17. The van der Waals surface area contributed by atoms with Crippen molar-refractivity contribution in [3.63, 3.8) is 0 Å². The molecule has 0 N–H and O–H groups in total. The van der Waals surface area contributed by atoms with Crippen LogP contribution < -0.4 is 0 Å². The number of hydrogen-bond acceptors (Lipinski definition) is 2. The van der Waals surface area contributed by atoms with Gasteiger partial charge in [0.1, 0.15) is 0 Å². The molecule has 0 aromatic rings. The summed E-state index contributed by atoms with van der Waals surface area (Å²) >= 11 is 0. The maximum absolute atomic E-state index is 5.17. The molecule has 0 amide bonds. The highest BCUT2D eigenvalue weighted by molar-refractivity contribution is 4.45. The summed E-state index contributed by atoms with van der Waals surface area (Å²) in [5, 5.41) is 0. The van der Waals surface area contributed by atoms with E-state index in [1.54, 1.807) is 7.11 Å². The van der Waals surface area contributed by atoms with E-state index in [2.05, 4.69) is 6.92 Å². The van der Waals surface area contributed by atoms with Crippen molar-refractivity contribution < 1.29 is 9.47 Å². The Kier molecular flexibility index (Phi) is 5.99. The van der Waals surface area contributed by atoms with E-state index in [0.29, 0.717) is 6.61 Å². The van der Waals surface area contributed by atoms with Crippen LogP contribution in [0.2, 0.25) is 0 Å². The van der Waals surface area contributed by atoms with Gasteiger partial charge in [-0.2, -0.15) is 0 Å². The summed E-state index contributed by atoms with van der Waals surface area (Å²) in [6.45, 7) is 6.36. The molecule has 0 aliphatic heterocycles. The van der Waals surface area contributed by atoms with Crippen LogP contribution in [0.3, 0.4) is 0 Å². The smallest absolute Gasteiger partial charge is 0.157 e. The molecule has 0 spiro atoms. The van der Waals surface area contributed by atoms with Crippen LogP contribution in [0.25, 0.3) is 0 Å². The van der Waals surface area contributed by atoms with Crippen molar-refractivity contribution in [1.82, 2.24) is 0 Å². The largest absolute Gasteiger partial charge is 0.356 e. The molecule has 0 rings (SSSR count). The highest BCUT2D eigenvalue weighted by Crippen LogP contribution is 2.00. The Morgan fingerprint density at radius 3 is 2.56 bits per heavy atom. The lowest BCUT2D eigenvalue weighted by atomic mass is 10.3. The summed E-state index contributed by atoms with van der Waals surface area (Å²) < 4.78 is 10.1. The van der Waals surface area contributed by atoms with Gasteiger partial charge in [-0.3, -0.25) is 0 Å². The zero-order valence-corrected chi connectivity index (χ0v) is 6.22. The third kappa shape index (κ3) is 4.43. The van der Waals surface area contributed by atoms with Crippen LogP contribution in [-0.2, 0) is 9.47 Å². The van der Waals surface area contributed by atoms with Gasteiger partial charge >= 0.3 is 0 Å². The lowest BCUT2D eigenvalue weighted by Gasteiger charge is -2.12. The van der Waals surface area contributed by atoms with E-state index in [1.165, 1.54) is 0 Å². The molecule has 0 aliphatic carbocycles. The number of methoxy groups -OCH3 is 1. The molecule has 0 aliphatic rings. The summed E-state index contributed by atoms with van der Waals surface area (Å²) in [6.07, 6.45) is 1.69. The van der Waals surface area contributed by atoms with E-state index in [0.717, 1.165) is 12.8 Å². The van der Waals surface area contributed by atoms with Crippen molar-refractivity contribution in [3.8, 4) is 0 Å². The van der Waals surface area contributed by atoms with E-state index in [9.17, 15) is 0 Å². The van der Waals surface area contributed by atoms with E-state index in [4.69, 9.17) is 9.47 Å². The van der Waals surface area contributed by atoms with E-state index in [-0.39, 0.29) is 6.29 Å². The van der Waals surface area contributed by atoms with Gasteiger partial charge in [0.15, 0.2) is 6.29 Å². The molecule has 2 nitrogen and oxygen atoms in total. The van der Waals surface area contributed by atoms with Crippen molar-refractivity contribution in [1.29, 1.82) is 0 Å². The van der Waals surface area contributed by atoms with Crippen LogP contribution in [0, 0.1) is 6.92 Å². The van der Waals surface area contributed by atoms with E-state index < -0.39 is 0 Å². The summed E-state index contributed by atoms with van der Waals surface area (Å²) in [6, 6.07) is 0. The summed E-state index contributed by atoms with van der Waals surface area (Å²) in [4.78, 5) is 0. The molecule has 55 valence electrons. The second-order valence-electron chi connectivity index (χ2n) is 1.76. The Balaban J connectivity index is 3.18. The van der Waals surface area contributed by atoms with Crippen molar-refractivity contribution >= 4 is 0 Å². The first-order valence-corrected chi connectivity index (χ1v) is 3.28. The van der Waals surface area contributed by atoms with Gasteiger partial charge in [-0.25, -0.2) is 0 Å². The monoisotopic (exact) mass is 131 g/mol. The van der Waals surface area contributed by atoms with Crippen LogP contribution in [0.5, 0.6) is 0 Å². The van der Waals surface area contributed by atoms with Gasteiger partial charge in [-0.15, -0.1) is 0 Å². The topological polar surface area (TPSA) is 18.5 Å². The molecule has 0 fully saturated rings. The molecule has 1 unspecified atom stereocenters. The van der Waals surface area contributed by atoms with Crippen LogP contribution in [0.4, 0.5) is 0 Å². The van der Waals surface area contributed by atoms with Gasteiger partial charge in [0, 0.05) is 13.7 Å². The van der Waals surface area contributed by atoms with Gasteiger partial charge < -0.3 is 9.47 Å². The molecular weight excluding hydrogens is 116 g/mol. The second-order valence-corrected chi connectivity index (χ2v) is 1.76. The summed E-state index contributed by atoms with van der Waals surface area (Å²) in [5.41, 5.74) is 0. The Labute approximate surface area is 57.2 Å². The first-order valence-electron chi connectivity index (χ1n) is 3.28. The van der Waals surface area contributed by atoms with E-state index >= 15 is 0 Å². The molecule has 2 heteroatoms. The van der Waals surface area contributed by atoms with Gasteiger partial charge in [-0.1, -0.05) is 6.92 Å². The number of hydrogen-bond donors (Lipinski definition) is 0. The van der Waals surface area contributed by atoms with Gasteiger partial charge in [0.2, 0.25) is 0 Å². The minimum atomic E-state index is -0.0486. The Bertz CT molecular complexity index is 48.9. The lowest BCUT2D eigenvalue weighted by Crippen LogP contribution is -2.14. The average Bonchev–Trinajstić information content (AvgIpc) is 1.88. The number of ether oxygens (including phenoxy) is 2. The van der Waals surface area contributed by atoms with Crippen LogP contribution >= 0.6 is 0 Å². The highest BCUT2D eigenvalue weighted by Gasteiger charge is 2.02. The zero-order chi connectivity index (χ0) is 7.11. The predicted octanol–water partition coefficient (Wildman–Crippen LogP) is 1.61. The fraction of sp³-hybridized carbons (Fsp3) is 0.857. The first kappa shape index (κ1) is 8.92. The van der Waals surface area contributed by atoms with Crippen LogP contribution in [-0.4, -0.2) is 20.0 Å². The molecule has 9 heavy (non-hydrogen) atoms. The van der Waals surface area contributed by atoms with Gasteiger partial charge in [-0.05, 0) is 19.8 Å². The first-order chi connectivity index (χ1) is 4.35. The minimum absolute atomic E-state index is 0.0486. The van der Waals surface area contributed by atoms with Crippen LogP contribution in [0.1, 0.15) is 19.8 Å². The molecular formula is C7H15O2. The molecule has 0 heterocycles. The third-order valence-electron chi connectivity index (χ3n) is 1.06. The SMILES string of the molecule is [CH2]CCC(OC)OCC. The average molecular weight is 131 g/mol. The fourth-order valence-electron chi connectivity index (χ4n) is 0.622. The van der Waals surface area contributed by atoms with Gasteiger partial charge in [0.25, 0.3) is 0 Å². The zero-order valence-electron chi connectivity index (χ0n) is 6.22. The summed E-state index contributed by atoms with van der Waals surface area (Å²) in [5.74, 6) is 0. The predicted molar refractivity (Wildman–Crippen MR) is 37.0 cm³/mol. The van der Waals surface area contributed by atoms with Crippen molar-refractivity contribution in [2.24, 2.45) is 0 Å². The van der Waals surface area contributed by atoms with Crippen molar-refractivity contribution in [2.45, 2.75) is 26.1 Å². The summed E-state index contributed by atoms with van der Waals surface area (Å²) in [7, 11) is 1.65. The Morgan fingerprint density at radius 1 is 1.56 bits per heavy atom. The lowest BCUT2D eigenvalue weighted by molar-refractivity contribution is -0.123. The maximum Gasteiger partial charge on any atom is 0.157 e. The normalized spacial score (nSPS) is 13.7. The van der Waals surface area contributed by atoms with E-state index in [1.807, 2.05) is 6.92 Å². The van der Waals surface area contributed by atoms with Crippen molar-refractivity contribution in [3.05, 3.63) is 6.92 Å². The standard InChI is InChI=1S/C7H15O2/c1-4-6-7(8-3)9-5-2/h7H,1,4-6H2,2-3H3. The molecule has 0 aromatic heterocycles.